The zero-order valence-corrected chi connectivity index (χ0v) is 17.2. The third-order valence-electron chi connectivity index (χ3n) is 4.68. The summed E-state index contributed by atoms with van der Waals surface area (Å²) in [5, 5.41) is 2.27. The summed E-state index contributed by atoms with van der Waals surface area (Å²) in [7, 11) is -2.86. The zero-order valence-electron chi connectivity index (χ0n) is 16.2. The number of rotatable bonds is 9. The average Bonchev–Trinajstić information content (AvgIpc) is 2.74. The Kier molecular flexibility index (Phi) is 6.85. The monoisotopic (exact) mass is 376 g/mol. The quantitative estimate of drug-likeness (QED) is 0.398. The van der Waals surface area contributed by atoms with Gasteiger partial charge in [0.1, 0.15) is 5.75 Å². The molecule has 0 heterocycles. The summed E-state index contributed by atoms with van der Waals surface area (Å²) in [5.74, 6) is 0.880. The molecule has 3 heteroatoms. The summed E-state index contributed by atoms with van der Waals surface area (Å²) in [5.41, 5.74) is 1.27. The second-order valence-electron chi connectivity index (χ2n) is 6.65. The fraction of sp³-hybridized carbons (Fsp3) is 0.250. The number of aryl methyl sites for hydroxylation is 1. The van der Waals surface area contributed by atoms with Crippen LogP contribution < -0.4 is 14.8 Å². The van der Waals surface area contributed by atoms with Crippen molar-refractivity contribution in [2.75, 3.05) is 6.61 Å². The van der Waals surface area contributed by atoms with Crippen LogP contribution in [0.25, 0.3) is 0 Å². The topological polar surface area (TPSA) is 18.5 Å². The molecular weight excluding hydrogens is 348 g/mol. The third-order valence-corrected chi connectivity index (χ3v) is 8.00. The molecule has 0 aliphatic heterocycles. The van der Waals surface area contributed by atoms with Crippen molar-refractivity contribution >= 4 is 18.9 Å². The largest absolute Gasteiger partial charge is 0.514 e. The molecule has 0 aromatic heterocycles. The van der Waals surface area contributed by atoms with Crippen LogP contribution in [0, 0.1) is 0 Å². The van der Waals surface area contributed by atoms with Gasteiger partial charge in [-0.2, -0.15) is 0 Å². The minimum atomic E-state index is -2.86. The minimum absolute atomic E-state index is 0.694. The maximum atomic E-state index is 6.78. The number of hydrogen-bond donors (Lipinski definition) is 0. The van der Waals surface area contributed by atoms with Gasteiger partial charge in [-0.05, 0) is 30.5 Å². The Labute approximate surface area is 164 Å². The van der Waals surface area contributed by atoms with Crippen LogP contribution in [0.2, 0.25) is 0 Å². The Hall–Kier alpha value is -2.36. The van der Waals surface area contributed by atoms with Crippen molar-refractivity contribution < 1.29 is 8.85 Å². The minimum Gasteiger partial charge on any atom is -0.514 e. The predicted molar refractivity (Wildman–Crippen MR) is 115 cm³/mol. The molecule has 0 aliphatic rings. The molecule has 0 unspecified atom stereocenters. The van der Waals surface area contributed by atoms with Gasteiger partial charge in [0.05, 0.1) is 0 Å². The van der Waals surface area contributed by atoms with E-state index in [1.807, 2.05) is 18.2 Å². The first-order valence-corrected chi connectivity index (χ1v) is 11.6. The summed E-state index contributed by atoms with van der Waals surface area (Å²) >= 11 is 0. The van der Waals surface area contributed by atoms with E-state index in [1.54, 1.807) is 0 Å². The van der Waals surface area contributed by atoms with Crippen molar-refractivity contribution in [3.05, 3.63) is 90.5 Å². The van der Waals surface area contributed by atoms with Crippen LogP contribution in [-0.2, 0) is 10.8 Å². The fourth-order valence-electron chi connectivity index (χ4n) is 3.15. The first kappa shape index (κ1) is 19.4. The van der Waals surface area contributed by atoms with Crippen molar-refractivity contribution in [1.82, 2.24) is 0 Å². The molecule has 3 aromatic carbocycles. The number of hydrogen-bond acceptors (Lipinski definition) is 2. The van der Waals surface area contributed by atoms with Gasteiger partial charge >= 0.3 is 8.56 Å². The lowest BCUT2D eigenvalue weighted by Crippen LogP contribution is -2.66. The smallest absolute Gasteiger partial charge is 0.468 e. The fourth-order valence-corrected chi connectivity index (χ4v) is 6.27. The molecule has 0 atom stereocenters. The lowest BCUT2D eigenvalue weighted by molar-refractivity contribution is 0.255. The van der Waals surface area contributed by atoms with Gasteiger partial charge in [0.25, 0.3) is 0 Å². The second kappa shape index (κ2) is 9.54. The molecule has 0 spiro atoms. The Bertz CT molecular complexity index is 779. The van der Waals surface area contributed by atoms with E-state index in [1.165, 1.54) is 5.56 Å². The SMILES string of the molecule is CCCCO[Si](Oc1cccc(CC)c1)(c1ccccc1)c1ccccc1. The predicted octanol–water partition coefficient (Wildman–Crippen LogP) is 4.70. The summed E-state index contributed by atoms with van der Waals surface area (Å²) in [6.45, 7) is 5.04. The van der Waals surface area contributed by atoms with Crippen molar-refractivity contribution in [2.24, 2.45) is 0 Å². The zero-order chi connectivity index (χ0) is 19.0. The average molecular weight is 377 g/mol. The van der Waals surface area contributed by atoms with Gasteiger partial charge in [-0.15, -0.1) is 0 Å². The summed E-state index contributed by atoms with van der Waals surface area (Å²) in [4.78, 5) is 0. The first-order valence-electron chi connectivity index (χ1n) is 9.81. The van der Waals surface area contributed by atoms with E-state index in [2.05, 4.69) is 80.6 Å². The molecule has 0 saturated heterocycles. The van der Waals surface area contributed by atoms with Gasteiger partial charge < -0.3 is 8.85 Å². The van der Waals surface area contributed by atoms with Crippen LogP contribution >= 0.6 is 0 Å². The molecule has 0 bridgehead atoms. The van der Waals surface area contributed by atoms with Gasteiger partial charge in [-0.25, -0.2) is 0 Å². The van der Waals surface area contributed by atoms with Crippen molar-refractivity contribution in [3.63, 3.8) is 0 Å². The van der Waals surface area contributed by atoms with Gasteiger partial charge in [-0.3, -0.25) is 0 Å². The van der Waals surface area contributed by atoms with Gasteiger partial charge in [0.2, 0.25) is 0 Å². The first-order chi connectivity index (χ1) is 13.3. The van der Waals surface area contributed by atoms with Crippen molar-refractivity contribution in [3.8, 4) is 5.75 Å². The highest BCUT2D eigenvalue weighted by atomic mass is 28.4. The van der Waals surface area contributed by atoms with Crippen molar-refractivity contribution in [2.45, 2.75) is 33.1 Å². The molecule has 3 aromatic rings. The van der Waals surface area contributed by atoms with E-state index >= 15 is 0 Å². The molecule has 0 fully saturated rings. The molecule has 2 nitrogen and oxygen atoms in total. The Morgan fingerprint density at radius 1 is 0.741 bits per heavy atom. The summed E-state index contributed by atoms with van der Waals surface area (Å²) in [6.07, 6.45) is 3.10. The lowest BCUT2D eigenvalue weighted by atomic mass is 10.2. The maximum Gasteiger partial charge on any atom is 0.468 e. The lowest BCUT2D eigenvalue weighted by Gasteiger charge is -2.32. The van der Waals surface area contributed by atoms with Crippen LogP contribution in [0.4, 0.5) is 0 Å². The third kappa shape index (κ3) is 4.68. The van der Waals surface area contributed by atoms with E-state index in [4.69, 9.17) is 8.85 Å². The molecule has 0 aliphatic carbocycles. The van der Waals surface area contributed by atoms with E-state index in [9.17, 15) is 0 Å². The van der Waals surface area contributed by atoms with E-state index in [0.29, 0.717) is 6.61 Å². The second-order valence-corrected chi connectivity index (χ2v) is 9.53. The van der Waals surface area contributed by atoms with Crippen LogP contribution in [-0.4, -0.2) is 15.2 Å². The molecule has 140 valence electrons. The van der Waals surface area contributed by atoms with Crippen molar-refractivity contribution in [1.29, 1.82) is 0 Å². The van der Waals surface area contributed by atoms with E-state index in [0.717, 1.165) is 35.4 Å². The van der Waals surface area contributed by atoms with Gasteiger partial charge in [-0.1, -0.05) is 93.1 Å². The Morgan fingerprint density at radius 3 is 1.93 bits per heavy atom. The molecule has 27 heavy (non-hydrogen) atoms. The van der Waals surface area contributed by atoms with E-state index in [-0.39, 0.29) is 0 Å². The summed E-state index contributed by atoms with van der Waals surface area (Å²) < 4.78 is 13.4. The molecular formula is C24H28O2Si. The normalized spacial score (nSPS) is 11.3. The molecule has 0 N–H and O–H groups in total. The molecule has 0 saturated carbocycles. The molecule has 3 rings (SSSR count). The highest BCUT2D eigenvalue weighted by Crippen LogP contribution is 2.20. The van der Waals surface area contributed by atoms with Gasteiger partial charge in [0, 0.05) is 17.0 Å². The number of unbranched alkanes of at least 4 members (excludes halogenated alkanes) is 1. The van der Waals surface area contributed by atoms with Crippen LogP contribution in [0.1, 0.15) is 32.3 Å². The van der Waals surface area contributed by atoms with Crippen LogP contribution in [0.5, 0.6) is 5.75 Å². The summed E-state index contributed by atoms with van der Waals surface area (Å²) in [6, 6.07) is 29.2. The van der Waals surface area contributed by atoms with Crippen LogP contribution in [0.3, 0.4) is 0 Å². The van der Waals surface area contributed by atoms with Gasteiger partial charge in [0.15, 0.2) is 0 Å². The standard InChI is InChI=1S/C24H28O2Si/c1-3-5-19-25-27(23-15-8-6-9-16-23,24-17-10-7-11-18-24)26-22-14-12-13-21(4-2)20-22/h6-18,20H,3-5,19H2,1-2H3. The highest BCUT2D eigenvalue weighted by Gasteiger charge is 2.45. The maximum absolute atomic E-state index is 6.78. The molecule has 0 radical (unpaired) electrons. The Balaban J connectivity index is 2.09. The van der Waals surface area contributed by atoms with Crippen LogP contribution in [0.15, 0.2) is 84.9 Å². The molecule has 0 amide bonds. The number of benzene rings is 3. The Morgan fingerprint density at radius 2 is 1.37 bits per heavy atom. The highest BCUT2D eigenvalue weighted by molar-refractivity contribution is 6.93. The van der Waals surface area contributed by atoms with E-state index < -0.39 is 8.56 Å².